The van der Waals surface area contributed by atoms with Crippen LogP contribution in [0.1, 0.15) is 25.3 Å². The van der Waals surface area contributed by atoms with Crippen molar-refractivity contribution < 1.29 is 31.9 Å². The minimum Gasteiger partial charge on any atom is -0.406 e. The number of benzene rings is 3. The molecule has 1 aliphatic heterocycles. The number of nitrogens with one attached hydrogen (secondary N) is 1. The molecular weight excluding hydrogens is 632 g/mol. The molecule has 15 heteroatoms. The van der Waals surface area contributed by atoms with E-state index in [0.717, 1.165) is 46.5 Å². The normalized spacial score (nSPS) is 14.4. The van der Waals surface area contributed by atoms with Crippen LogP contribution in [-0.2, 0) is 4.79 Å². The van der Waals surface area contributed by atoms with Crippen LogP contribution in [0.3, 0.4) is 0 Å². The third-order valence-corrected chi connectivity index (χ3v) is 8.52. The zero-order chi connectivity index (χ0) is 32.5. The summed E-state index contributed by atoms with van der Waals surface area (Å²) < 4.78 is 56.2. The first-order valence-electron chi connectivity index (χ1n) is 13.5. The van der Waals surface area contributed by atoms with Gasteiger partial charge in [0, 0.05) is 30.9 Å². The lowest BCUT2D eigenvalue weighted by Crippen LogP contribution is -2.31. The smallest absolute Gasteiger partial charge is 0.406 e. The summed E-state index contributed by atoms with van der Waals surface area (Å²) in [4.78, 5) is 33.3. The summed E-state index contributed by atoms with van der Waals surface area (Å²) in [5.74, 6) is -1.14. The van der Waals surface area contributed by atoms with Gasteiger partial charge in [0.15, 0.2) is 5.17 Å². The standard InChI is InChI=1S/C30H26F4N6O3S2/c1-16(2)21-11-8-19(39(3)4)14-24(21)40-25(41)15-44-29(40)36-28(42)35-23-12-7-18(13-22(23)31)27-38-37-26(45-27)17-5-9-20(10-6-17)43-30(32,33)34/h5-14,16H,15H2,1-4H3,(H,35,42). The Morgan fingerprint density at radius 1 is 1.02 bits per heavy atom. The van der Waals surface area contributed by atoms with E-state index >= 15 is 4.39 Å². The minimum absolute atomic E-state index is 0.0971. The summed E-state index contributed by atoms with van der Waals surface area (Å²) in [6.45, 7) is 4.02. The van der Waals surface area contributed by atoms with Crippen LogP contribution in [0.2, 0.25) is 0 Å². The topological polar surface area (TPSA) is 100 Å². The average Bonchev–Trinajstić information content (AvgIpc) is 3.60. The molecule has 0 radical (unpaired) electrons. The Morgan fingerprint density at radius 3 is 2.31 bits per heavy atom. The molecule has 0 atom stereocenters. The van der Waals surface area contributed by atoms with Gasteiger partial charge in [0.05, 0.1) is 17.1 Å². The fraction of sp³-hybridized carbons (Fsp3) is 0.233. The van der Waals surface area contributed by atoms with Crippen LogP contribution < -0.4 is 19.9 Å². The molecule has 234 valence electrons. The molecule has 1 N–H and O–H groups in total. The van der Waals surface area contributed by atoms with Crippen molar-refractivity contribution in [2.24, 2.45) is 4.99 Å². The van der Waals surface area contributed by atoms with Gasteiger partial charge in [-0.3, -0.25) is 9.69 Å². The Hall–Kier alpha value is -4.50. The Kier molecular flexibility index (Phi) is 9.11. The van der Waals surface area contributed by atoms with E-state index in [-0.39, 0.29) is 34.2 Å². The molecule has 0 aliphatic carbocycles. The number of carbonyl (C=O) groups excluding carboxylic acids is 2. The van der Waals surface area contributed by atoms with Gasteiger partial charge in [0.25, 0.3) is 0 Å². The molecule has 0 saturated carbocycles. The molecule has 1 saturated heterocycles. The molecule has 3 aromatic carbocycles. The second-order valence-electron chi connectivity index (χ2n) is 10.3. The highest BCUT2D eigenvalue weighted by Crippen LogP contribution is 2.37. The second-order valence-corrected chi connectivity index (χ2v) is 12.2. The number of carbonyl (C=O) groups is 2. The van der Waals surface area contributed by atoms with Crippen LogP contribution in [0.4, 0.5) is 39.4 Å². The van der Waals surface area contributed by atoms with Gasteiger partial charge in [-0.2, -0.15) is 4.99 Å². The lowest BCUT2D eigenvalue weighted by molar-refractivity contribution is -0.274. The highest BCUT2D eigenvalue weighted by atomic mass is 32.2. The summed E-state index contributed by atoms with van der Waals surface area (Å²) in [5, 5.41) is 11.5. The maximum absolute atomic E-state index is 15.1. The van der Waals surface area contributed by atoms with Crippen molar-refractivity contribution in [2.45, 2.75) is 26.1 Å². The number of ether oxygens (including phenoxy) is 1. The fourth-order valence-electron chi connectivity index (χ4n) is 4.41. The van der Waals surface area contributed by atoms with Crippen molar-refractivity contribution in [2.75, 3.05) is 35.0 Å². The van der Waals surface area contributed by atoms with Crippen LogP contribution in [0.25, 0.3) is 21.1 Å². The number of rotatable bonds is 7. The number of hydrogen-bond donors (Lipinski definition) is 1. The summed E-state index contributed by atoms with van der Waals surface area (Å²) in [6.07, 6.45) is -4.80. The zero-order valence-corrected chi connectivity index (χ0v) is 26.0. The summed E-state index contributed by atoms with van der Waals surface area (Å²) >= 11 is 2.23. The summed E-state index contributed by atoms with van der Waals surface area (Å²) in [5.41, 5.74) is 3.18. The van der Waals surface area contributed by atoms with Gasteiger partial charge in [-0.15, -0.1) is 23.4 Å². The van der Waals surface area contributed by atoms with Crippen molar-refractivity contribution in [1.82, 2.24) is 10.2 Å². The van der Waals surface area contributed by atoms with E-state index < -0.39 is 18.2 Å². The number of anilines is 3. The number of halogens is 4. The Morgan fingerprint density at radius 2 is 1.69 bits per heavy atom. The first-order chi connectivity index (χ1) is 21.3. The van der Waals surface area contributed by atoms with Crippen LogP contribution in [0.15, 0.2) is 65.7 Å². The molecule has 9 nitrogen and oxygen atoms in total. The van der Waals surface area contributed by atoms with Crippen LogP contribution in [0, 0.1) is 5.82 Å². The number of amidine groups is 1. The summed E-state index contributed by atoms with van der Waals surface area (Å²) in [6, 6.07) is 14.1. The van der Waals surface area contributed by atoms with Crippen molar-refractivity contribution in [1.29, 1.82) is 0 Å². The molecule has 0 spiro atoms. The summed E-state index contributed by atoms with van der Waals surface area (Å²) in [7, 11) is 3.78. The molecule has 0 bridgehead atoms. The molecule has 1 aliphatic rings. The van der Waals surface area contributed by atoms with Gasteiger partial charge in [-0.25, -0.2) is 9.18 Å². The van der Waals surface area contributed by atoms with E-state index in [0.29, 0.717) is 26.8 Å². The molecule has 0 unspecified atom stereocenters. The first-order valence-corrected chi connectivity index (χ1v) is 15.3. The maximum atomic E-state index is 15.1. The molecule has 45 heavy (non-hydrogen) atoms. The Bertz CT molecular complexity index is 1770. The van der Waals surface area contributed by atoms with E-state index in [1.807, 2.05) is 51.0 Å². The Balaban J connectivity index is 1.32. The number of urea groups is 1. The zero-order valence-electron chi connectivity index (χ0n) is 24.3. The van der Waals surface area contributed by atoms with Crippen LogP contribution in [0.5, 0.6) is 5.75 Å². The fourth-order valence-corrected chi connectivity index (χ4v) is 6.11. The van der Waals surface area contributed by atoms with Gasteiger partial charge in [0.2, 0.25) is 5.91 Å². The minimum atomic E-state index is -4.80. The van der Waals surface area contributed by atoms with E-state index in [4.69, 9.17) is 0 Å². The third kappa shape index (κ3) is 7.42. The van der Waals surface area contributed by atoms with E-state index in [1.165, 1.54) is 35.2 Å². The van der Waals surface area contributed by atoms with E-state index in [2.05, 4.69) is 25.2 Å². The highest BCUT2D eigenvalue weighted by molar-refractivity contribution is 8.15. The van der Waals surface area contributed by atoms with Gasteiger partial charge >= 0.3 is 12.4 Å². The predicted octanol–water partition coefficient (Wildman–Crippen LogP) is 7.77. The van der Waals surface area contributed by atoms with Gasteiger partial charge in [0.1, 0.15) is 21.6 Å². The van der Waals surface area contributed by atoms with Crippen molar-refractivity contribution in [3.63, 3.8) is 0 Å². The molecule has 5 rings (SSSR count). The maximum Gasteiger partial charge on any atom is 0.573 e. The molecule has 3 amide bonds. The second kappa shape index (κ2) is 12.9. The molecule has 2 heterocycles. The lowest BCUT2D eigenvalue weighted by Gasteiger charge is -2.24. The predicted molar refractivity (Wildman–Crippen MR) is 169 cm³/mol. The number of aliphatic imine (C=N–C) groups is 1. The van der Waals surface area contributed by atoms with E-state index in [1.54, 1.807) is 0 Å². The number of nitrogens with zero attached hydrogens (tertiary/aromatic N) is 5. The van der Waals surface area contributed by atoms with Crippen LogP contribution in [-0.4, -0.2) is 53.5 Å². The van der Waals surface area contributed by atoms with Gasteiger partial charge in [-0.1, -0.05) is 43.0 Å². The quantitative estimate of drug-likeness (QED) is 0.203. The largest absolute Gasteiger partial charge is 0.573 e. The monoisotopic (exact) mass is 658 g/mol. The average molecular weight is 659 g/mol. The third-order valence-electron chi connectivity index (χ3n) is 6.57. The number of hydrogen-bond acceptors (Lipinski definition) is 8. The van der Waals surface area contributed by atoms with Gasteiger partial charge in [-0.05, 0) is 66.1 Å². The lowest BCUT2D eigenvalue weighted by atomic mass is 9.99. The molecule has 4 aromatic rings. The van der Waals surface area contributed by atoms with E-state index in [9.17, 15) is 22.8 Å². The molecule has 1 fully saturated rings. The van der Waals surface area contributed by atoms with Gasteiger partial charge < -0.3 is 15.0 Å². The SMILES string of the molecule is CC(C)c1ccc(N(C)C)cc1N1C(=O)CSC1=NC(=O)Nc1ccc(-c2nnc(-c3ccc(OC(F)(F)F)cc3)s2)cc1F. The van der Waals surface area contributed by atoms with Crippen molar-refractivity contribution >= 4 is 57.3 Å². The number of thioether (sulfide) groups is 1. The Labute approximate surface area is 263 Å². The van der Waals surface area contributed by atoms with Crippen molar-refractivity contribution in [3.8, 4) is 26.9 Å². The molecule has 1 aromatic heterocycles. The first kappa shape index (κ1) is 31.9. The highest BCUT2D eigenvalue weighted by Gasteiger charge is 2.33. The molecular formula is C30H26F4N6O3S2. The number of alkyl halides is 3. The van der Waals surface area contributed by atoms with Crippen molar-refractivity contribution in [3.05, 3.63) is 72.0 Å². The van der Waals surface area contributed by atoms with Crippen LogP contribution >= 0.6 is 23.1 Å². The number of amides is 3. The number of aromatic nitrogens is 2.